The van der Waals surface area contributed by atoms with Crippen LogP contribution in [0.5, 0.6) is 0 Å². The van der Waals surface area contributed by atoms with Gasteiger partial charge in [0.05, 0.1) is 12.8 Å². The molecule has 0 radical (unpaired) electrons. The lowest BCUT2D eigenvalue weighted by Crippen LogP contribution is -2.29. The van der Waals surface area contributed by atoms with Crippen molar-refractivity contribution in [2.75, 3.05) is 0 Å². The van der Waals surface area contributed by atoms with Crippen molar-refractivity contribution in [3.05, 3.63) is 52.3 Å². The van der Waals surface area contributed by atoms with Crippen molar-refractivity contribution in [3.63, 3.8) is 0 Å². The van der Waals surface area contributed by atoms with Crippen LogP contribution in [0.15, 0.2) is 39.7 Å². The molecule has 0 aliphatic heterocycles. The predicted molar refractivity (Wildman–Crippen MR) is 73.3 cm³/mol. The van der Waals surface area contributed by atoms with Gasteiger partial charge in [0, 0.05) is 12.6 Å². The molecule has 2 rings (SSSR count). The smallest absolute Gasteiger partial charge is 0.272 e. The number of furan rings is 1. The third-order valence-corrected chi connectivity index (χ3v) is 2.83. The highest BCUT2D eigenvalue weighted by molar-refractivity contribution is 5.91. The predicted octanol–water partition coefficient (Wildman–Crippen LogP) is 1.57. The molecule has 2 heterocycles. The van der Waals surface area contributed by atoms with Gasteiger partial charge in [-0.3, -0.25) is 9.59 Å². The monoisotopic (exact) mass is 275 g/mol. The van der Waals surface area contributed by atoms with Crippen molar-refractivity contribution in [3.8, 4) is 0 Å². The molecule has 2 aromatic rings. The first kappa shape index (κ1) is 14.0. The number of hydrogen-bond donors (Lipinski definition) is 1. The highest BCUT2D eigenvalue weighted by atomic mass is 16.3. The van der Waals surface area contributed by atoms with Gasteiger partial charge >= 0.3 is 0 Å². The molecule has 0 aliphatic rings. The molecule has 1 N–H and O–H groups in total. The maximum absolute atomic E-state index is 11.9. The van der Waals surface area contributed by atoms with E-state index in [4.69, 9.17) is 4.42 Å². The van der Waals surface area contributed by atoms with Crippen LogP contribution in [-0.4, -0.2) is 15.7 Å². The summed E-state index contributed by atoms with van der Waals surface area (Å²) in [7, 11) is 0. The first-order valence-electron chi connectivity index (χ1n) is 6.59. The number of aryl methyl sites for hydroxylation is 1. The zero-order valence-electron chi connectivity index (χ0n) is 11.3. The van der Waals surface area contributed by atoms with Gasteiger partial charge in [-0.15, -0.1) is 0 Å². The molecule has 0 aromatic carbocycles. The van der Waals surface area contributed by atoms with Gasteiger partial charge in [0.1, 0.15) is 11.5 Å². The first-order valence-corrected chi connectivity index (χ1v) is 6.59. The van der Waals surface area contributed by atoms with E-state index in [0.29, 0.717) is 18.8 Å². The molecule has 2 aromatic heterocycles. The van der Waals surface area contributed by atoms with Gasteiger partial charge in [0.15, 0.2) is 0 Å². The Morgan fingerprint density at radius 1 is 1.40 bits per heavy atom. The summed E-state index contributed by atoms with van der Waals surface area (Å²) >= 11 is 0. The largest absolute Gasteiger partial charge is 0.467 e. The third-order valence-electron chi connectivity index (χ3n) is 2.83. The number of rotatable bonds is 6. The second kappa shape index (κ2) is 6.70. The van der Waals surface area contributed by atoms with Crippen molar-refractivity contribution in [2.24, 2.45) is 0 Å². The zero-order chi connectivity index (χ0) is 14.4. The third kappa shape index (κ3) is 3.57. The van der Waals surface area contributed by atoms with Crippen molar-refractivity contribution in [1.82, 2.24) is 15.1 Å². The number of unbranched alkanes of at least 4 members (excludes halogenated alkanes) is 1. The zero-order valence-corrected chi connectivity index (χ0v) is 11.3. The molecule has 6 nitrogen and oxygen atoms in total. The van der Waals surface area contributed by atoms with Crippen LogP contribution < -0.4 is 10.9 Å². The van der Waals surface area contributed by atoms with Gasteiger partial charge in [-0.1, -0.05) is 13.3 Å². The van der Waals surface area contributed by atoms with Crippen LogP contribution in [0.4, 0.5) is 0 Å². The lowest BCUT2D eigenvalue weighted by molar-refractivity contribution is 0.0940. The van der Waals surface area contributed by atoms with E-state index in [2.05, 4.69) is 10.4 Å². The topological polar surface area (TPSA) is 77.1 Å². The molecule has 0 atom stereocenters. The Morgan fingerprint density at radius 2 is 2.25 bits per heavy atom. The maximum atomic E-state index is 11.9. The van der Waals surface area contributed by atoms with Crippen LogP contribution in [-0.2, 0) is 13.1 Å². The molecule has 1 amide bonds. The summed E-state index contributed by atoms with van der Waals surface area (Å²) < 4.78 is 6.45. The molecule has 0 unspecified atom stereocenters. The molecule has 0 saturated carbocycles. The Morgan fingerprint density at radius 3 is 2.95 bits per heavy atom. The van der Waals surface area contributed by atoms with Crippen LogP contribution in [0.25, 0.3) is 0 Å². The lowest BCUT2D eigenvalue weighted by Gasteiger charge is -2.06. The van der Waals surface area contributed by atoms with Crippen molar-refractivity contribution < 1.29 is 9.21 Å². The average molecular weight is 275 g/mol. The Labute approximate surface area is 116 Å². The van der Waals surface area contributed by atoms with Gasteiger partial charge in [-0.05, 0) is 24.6 Å². The summed E-state index contributed by atoms with van der Waals surface area (Å²) in [5.41, 5.74) is 0.0355. The fourth-order valence-electron chi connectivity index (χ4n) is 1.71. The van der Waals surface area contributed by atoms with E-state index in [1.165, 1.54) is 16.8 Å². The molecule has 20 heavy (non-hydrogen) atoms. The Bertz CT molecular complexity index is 617. The summed E-state index contributed by atoms with van der Waals surface area (Å²) in [5, 5.41) is 6.76. The normalized spacial score (nSPS) is 10.4. The fraction of sp³-hybridized carbons (Fsp3) is 0.357. The number of hydrogen-bond acceptors (Lipinski definition) is 4. The van der Waals surface area contributed by atoms with E-state index < -0.39 is 0 Å². The number of carbonyl (C=O) groups is 1. The van der Waals surface area contributed by atoms with Gasteiger partial charge in [0.2, 0.25) is 0 Å². The minimum atomic E-state index is -0.327. The van der Waals surface area contributed by atoms with E-state index in [9.17, 15) is 9.59 Å². The Balaban J connectivity index is 2.03. The first-order chi connectivity index (χ1) is 9.70. The number of carbonyl (C=O) groups excluding carboxylic acids is 1. The van der Waals surface area contributed by atoms with Gasteiger partial charge in [0.25, 0.3) is 11.5 Å². The summed E-state index contributed by atoms with van der Waals surface area (Å²) in [5.74, 6) is 0.337. The lowest BCUT2D eigenvalue weighted by atomic mass is 10.3. The van der Waals surface area contributed by atoms with Gasteiger partial charge in [-0.2, -0.15) is 5.10 Å². The molecule has 6 heteroatoms. The van der Waals surface area contributed by atoms with Crippen LogP contribution >= 0.6 is 0 Å². The standard InChI is InChI=1S/C14H17N3O3/c1-2-3-8-17-13(18)7-6-12(16-17)14(19)15-10-11-5-4-9-20-11/h4-7,9H,2-3,8,10H2,1H3,(H,15,19). The quantitative estimate of drug-likeness (QED) is 0.868. The van der Waals surface area contributed by atoms with Gasteiger partial charge in [-0.25, -0.2) is 4.68 Å². The minimum absolute atomic E-state index is 0.193. The van der Waals surface area contributed by atoms with E-state index in [1.807, 2.05) is 6.92 Å². The molecular formula is C14H17N3O3. The van der Waals surface area contributed by atoms with E-state index in [-0.39, 0.29) is 17.2 Å². The molecule has 0 bridgehead atoms. The van der Waals surface area contributed by atoms with Crippen LogP contribution in [0.1, 0.15) is 36.0 Å². The molecule has 0 saturated heterocycles. The second-order valence-electron chi connectivity index (χ2n) is 4.40. The molecule has 0 aliphatic carbocycles. The van der Waals surface area contributed by atoms with Crippen molar-refractivity contribution in [1.29, 1.82) is 0 Å². The Hall–Kier alpha value is -2.37. The molecule has 0 spiro atoms. The number of amides is 1. The van der Waals surface area contributed by atoms with Crippen molar-refractivity contribution >= 4 is 5.91 Å². The Kier molecular flexibility index (Phi) is 4.70. The molecule has 106 valence electrons. The fourth-order valence-corrected chi connectivity index (χ4v) is 1.71. The second-order valence-corrected chi connectivity index (χ2v) is 4.40. The van der Waals surface area contributed by atoms with Crippen LogP contribution in [0.2, 0.25) is 0 Å². The molecule has 0 fully saturated rings. The van der Waals surface area contributed by atoms with Crippen LogP contribution in [0, 0.1) is 0 Å². The van der Waals surface area contributed by atoms with E-state index >= 15 is 0 Å². The number of aromatic nitrogens is 2. The number of nitrogens with zero attached hydrogens (tertiary/aromatic N) is 2. The van der Waals surface area contributed by atoms with Crippen molar-refractivity contribution in [2.45, 2.75) is 32.9 Å². The SMILES string of the molecule is CCCCn1nc(C(=O)NCc2ccco2)ccc1=O. The van der Waals surface area contributed by atoms with E-state index in [1.54, 1.807) is 18.4 Å². The highest BCUT2D eigenvalue weighted by Gasteiger charge is 2.09. The average Bonchev–Trinajstić information content (AvgIpc) is 2.97. The van der Waals surface area contributed by atoms with Crippen LogP contribution in [0.3, 0.4) is 0 Å². The van der Waals surface area contributed by atoms with E-state index in [0.717, 1.165) is 12.8 Å². The maximum Gasteiger partial charge on any atom is 0.272 e. The summed E-state index contributed by atoms with van der Waals surface area (Å²) in [6.45, 7) is 2.85. The van der Waals surface area contributed by atoms with Gasteiger partial charge < -0.3 is 9.73 Å². The minimum Gasteiger partial charge on any atom is -0.467 e. The molecular weight excluding hydrogens is 258 g/mol. The number of nitrogens with one attached hydrogen (secondary N) is 1. The summed E-state index contributed by atoms with van der Waals surface area (Å²) in [6, 6.07) is 6.33. The summed E-state index contributed by atoms with van der Waals surface area (Å²) in [6.07, 6.45) is 3.36. The highest BCUT2D eigenvalue weighted by Crippen LogP contribution is 2.00. The summed E-state index contributed by atoms with van der Waals surface area (Å²) in [4.78, 5) is 23.5.